The second-order valence-electron chi connectivity index (χ2n) is 6.84. The number of ketones is 1. The maximum Gasteiger partial charge on any atom is 0.379 e. The highest BCUT2D eigenvalue weighted by Crippen LogP contribution is 2.01. The fraction of sp³-hybridized carbons (Fsp3) is 0.667. The first-order valence-corrected chi connectivity index (χ1v) is 11.7. The number of carbonyl (C=O) groups excluding carboxylic acids is 2. The number of carbonyl (C=O) groups is 2. The van der Waals surface area contributed by atoms with Crippen LogP contribution < -0.4 is 0 Å². The molecule has 1 aromatic rings. The van der Waals surface area contributed by atoms with Gasteiger partial charge < -0.3 is 43.0 Å². The van der Waals surface area contributed by atoms with Gasteiger partial charge in [0.1, 0.15) is 6.61 Å². The van der Waals surface area contributed by atoms with Crippen molar-refractivity contribution in [2.45, 2.75) is 0 Å². The molecular weight excluding hydrogens is 464 g/mol. The van der Waals surface area contributed by atoms with Gasteiger partial charge in [0.15, 0.2) is 0 Å². The number of aliphatic hydroxyl groups excluding tert-OH is 1. The van der Waals surface area contributed by atoms with E-state index in [1.807, 2.05) is 0 Å². The number of aliphatic hydroxyl groups is 1. The number of benzene rings is 1. The summed E-state index contributed by atoms with van der Waals surface area (Å²) < 4.78 is 42.1. The number of ether oxygens (including phenoxy) is 8. The lowest BCUT2D eigenvalue weighted by Crippen LogP contribution is -2.20. The highest BCUT2D eigenvalue weighted by atomic mass is 16.6. The van der Waals surface area contributed by atoms with Crippen molar-refractivity contribution in [2.75, 3.05) is 106 Å². The van der Waals surface area contributed by atoms with Crippen LogP contribution in [-0.2, 0) is 42.7 Å². The molecule has 0 saturated heterocycles. The lowest BCUT2D eigenvalue weighted by atomic mass is 10.1. The van der Waals surface area contributed by atoms with Crippen molar-refractivity contribution >= 4 is 11.8 Å². The Bertz CT molecular complexity index is 627. The third-order valence-electron chi connectivity index (χ3n) is 4.15. The lowest BCUT2D eigenvalue weighted by molar-refractivity contribution is -0.139. The van der Waals surface area contributed by atoms with E-state index < -0.39 is 11.8 Å². The molecule has 0 radical (unpaired) electrons. The normalized spacial score (nSPS) is 11.0. The van der Waals surface area contributed by atoms with Gasteiger partial charge in [0.05, 0.1) is 99.1 Å². The molecule has 0 aliphatic heterocycles. The van der Waals surface area contributed by atoms with E-state index in [1.54, 1.807) is 30.3 Å². The molecule has 35 heavy (non-hydrogen) atoms. The molecule has 0 bridgehead atoms. The van der Waals surface area contributed by atoms with E-state index in [1.165, 1.54) is 0 Å². The first-order chi connectivity index (χ1) is 17.3. The Morgan fingerprint density at radius 3 is 1.23 bits per heavy atom. The molecule has 0 aliphatic rings. The van der Waals surface area contributed by atoms with Crippen LogP contribution in [0.3, 0.4) is 0 Å². The third-order valence-corrected chi connectivity index (χ3v) is 4.15. The van der Waals surface area contributed by atoms with Crippen LogP contribution in [0.4, 0.5) is 0 Å². The second-order valence-corrected chi connectivity index (χ2v) is 6.84. The standard InChI is InChI=1S/C24H38O11/c25-6-7-28-8-9-29-10-11-30-12-13-31-14-15-32-16-17-33-18-19-34-20-21-35-24(27)23(26)22-4-2-1-3-5-22/h1-5,25H,6-21H2. The molecular formula is C24H38O11. The number of rotatable bonds is 25. The minimum Gasteiger partial charge on any atom is -0.457 e. The predicted octanol–water partition coefficient (Wildman–Crippen LogP) is 0.521. The molecule has 0 aromatic heterocycles. The molecule has 0 saturated carbocycles. The Morgan fingerprint density at radius 2 is 0.857 bits per heavy atom. The van der Waals surface area contributed by atoms with Gasteiger partial charge in [-0.25, -0.2) is 4.79 Å². The van der Waals surface area contributed by atoms with Gasteiger partial charge in [0, 0.05) is 5.56 Å². The van der Waals surface area contributed by atoms with Crippen LogP contribution in [0.5, 0.6) is 0 Å². The summed E-state index contributed by atoms with van der Waals surface area (Å²) >= 11 is 0. The zero-order valence-corrected chi connectivity index (χ0v) is 20.2. The molecule has 0 spiro atoms. The van der Waals surface area contributed by atoms with Crippen molar-refractivity contribution in [3.8, 4) is 0 Å². The van der Waals surface area contributed by atoms with Gasteiger partial charge in [0.25, 0.3) is 5.78 Å². The molecule has 0 atom stereocenters. The van der Waals surface area contributed by atoms with Crippen LogP contribution in [0, 0.1) is 0 Å². The lowest BCUT2D eigenvalue weighted by Gasteiger charge is -2.08. The van der Waals surface area contributed by atoms with Gasteiger partial charge in [-0.05, 0) is 0 Å². The summed E-state index contributed by atoms with van der Waals surface area (Å²) in [6, 6.07) is 8.25. The fourth-order valence-electron chi connectivity index (χ4n) is 2.45. The van der Waals surface area contributed by atoms with Crippen molar-refractivity contribution < 1.29 is 52.6 Å². The SMILES string of the molecule is O=C(OCCOCCOCCOCCOCCOCCOCCOCCO)C(=O)c1ccccc1. The van der Waals surface area contributed by atoms with E-state index in [0.29, 0.717) is 91.5 Å². The van der Waals surface area contributed by atoms with E-state index in [0.717, 1.165) is 0 Å². The van der Waals surface area contributed by atoms with E-state index in [-0.39, 0.29) is 19.8 Å². The Hall–Kier alpha value is -1.96. The Balaban J connectivity index is 1.73. The second kappa shape index (κ2) is 23.8. The largest absolute Gasteiger partial charge is 0.457 e. The average Bonchev–Trinajstić information content (AvgIpc) is 2.89. The summed E-state index contributed by atoms with van der Waals surface area (Å²) in [5.74, 6) is -1.57. The first kappa shape index (κ1) is 31.1. The Morgan fingerprint density at radius 1 is 0.514 bits per heavy atom. The van der Waals surface area contributed by atoms with Crippen LogP contribution in [0.15, 0.2) is 30.3 Å². The van der Waals surface area contributed by atoms with Gasteiger partial charge >= 0.3 is 5.97 Å². The van der Waals surface area contributed by atoms with Crippen LogP contribution in [0.1, 0.15) is 10.4 Å². The van der Waals surface area contributed by atoms with Crippen LogP contribution in [0.2, 0.25) is 0 Å². The zero-order valence-electron chi connectivity index (χ0n) is 20.2. The molecule has 11 heteroatoms. The summed E-state index contributed by atoms with van der Waals surface area (Å²) in [5, 5.41) is 8.55. The molecule has 0 heterocycles. The molecule has 200 valence electrons. The van der Waals surface area contributed by atoms with Crippen molar-refractivity contribution in [1.29, 1.82) is 0 Å². The van der Waals surface area contributed by atoms with Gasteiger partial charge in [-0.3, -0.25) is 4.79 Å². The fourth-order valence-corrected chi connectivity index (χ4v) is 2.45. The topological polar surface area (TPSA) is 128 Å². The highest BCUT2D eigenvalue weighted by Gasteiger charge is 2.16. The molecule has 0 aliphatic carbocycles. The molecule has 0 unspecified atom stereocenters. The average molecular weight is 503 g/mol. The number of hydrogen-bond donors (Lipinski definition) is 1. The van der Waals surface area contributed by atoms with Crippen LogP contribution in [-0.4, -0.2) is 123 Å². The number of esters is 1. The quantitative estimate of drug-likeness (QED) is 0.0870. The smallest absolute Gasteiger partial charge is 0.379 e. The van der Waals surface area contributed by atoms with Crippen molar-refractivity contribution in [1.82, 2.24) is 0 Å². The minimum absolute atomic E-state index is 0.000882. The van der Waals surface area contributed by atoms with Gasteiger partial charge in [-0.15, -0.1) is 0 Å². The summed E-state index contributed by atoms with van der Waals surface area (Å²) in [6.45, 7) is 5.92. The van der Waals surface area contributed by atoms with E-state index in [4.69, 9.17) is 43.0 Å². The predicted molar refractivity (Wildman–Crippen MR) is 125 cm³/mol. The summed E-state index contributed by atoms with van der Waals surface area (Å²) in [4.78, 5) is 23.5. The summed E-state index contributed by atoms with van der Waals surface area (Å²) in [6.07, 6.45) is 0. The molecule has 0 fully saturated rings. The van der Waals surface area contributed by atoms with Crippen molar-refractivity contribution in [3.05, 3.63) is 35.9 Å². The first-order valence-electron chi connectivity index (χ1n) is 11.7. The summed E-state index contributed by atoms with van der Waals surface area (Å²) in [7, 11) is 0. The molecule has 1 rings (SSSR count). The van der Waals surface area contributed by atoms with Crippen LogP contribution >= 0.6 is 0 Å². The van der Waals surface area contributed by atoms with Gasteiger partial charge in [0.2, 0.25) is 0 Å². The Kier molecular flexibility index (Phi) is 21.1. The molecule has 0 amide bonds. The summed E-state index contributed by atoms with van der Waals surface area (Å²) in [5.41, 5.74) is 0.297. The molecule has 1 aromatic carbocycles. The van der Waals surface area contributed by atoms with E-state index >= 15 is 0 Å². The highest BCUT2D eigenvalue weighted by molar-refractivity contribution is 6.40. The van der Waals surface area contributed by atoms with Crippen LogP contribution in [0.25, 0.3) is 0 Å². The maximum atomic E-state index is 11.8. The maximum absolute atomic E-state index is 11.8. The van der Waals surface area contributed by atoms with E-state index in [9.17, 15) is 9.59 Å². The molecule has 1 N–H and O–H groups in total. The minimum atomic E-state index is -0.896. The van der Waals surface area contributed by atoms with Crippen molar-refractivity contribution in [3.63, 3.8) is 0 Å². The monoisotopic (exact) mass is 502 g/mol. The number of Topliss-reactive ketones (excluding diaryl/α,β-unsaturated/α-hetero) is 1. The number of hydrogen-bond acceptors (Lipinski definition) is 11. The van der Waals surface area contributed by atoms with E-state index in [2.05, 4.69) is 0 Å². The Labute approximate surface area is 206 Å². The molecule has 11 nitrogen and oxygen atoms in total. The van der Waals surface area contributed by atoms with Crippen molar-refractivity contribution in [2.24, 2.45) is 0 Å². The van der Waals surface area contributed by atoms with Gasteiger partial charge in [-0.2, -0.15) is 0 Å². The van der Waals surface area contributed by atoms with Gasteiger partial charge in [-0.1, -0.05) is 30.3 Å². The third kappa shape index (κ3) is 19.0. The zero-order chi connectivity index (χ0) is 25.2.